The largest absolute Gasteiger partial charge is 0.489 e. The third-order valence-electron chi connectivity index (χ3n) is 8.16. The van der Waals surface area contributed by atoms with Crippen LogP contribution in [0.15, 0.2) is 89.7 Å². The Bertz CT molecular complexity index is 1600. The van der Waals surface area contributed by atoms with Crippen LogP contribution in [0.3, 0.4) is 0 Å². The number of hydrogen-bond acceptors (Lipinski definition) is 5. The number of morpholine rings is 1. The summed E-state index contributed by atoms with van der Waals surface area (Å²) in [5.74, 6) is 1.21. The average molecular weight is 562 g/mol. The van der Waals surface area contributed by atoms with Crippen LogP contribution >= 0.6 is 0 Å². The van der Waals surface area contributed by atoms with Gasteiger partial charge >= 0.3 is 0 Å². The number of pyridine rings is 1. The average Bonchev–Trinajstić information content (AvgIpc) is 3.02. The molecule has 42 heavy (non-hydrogen) atoms. The van der Waals surface area contributed by atoms with Crippen LogP contribution in [-0.4, -0.2) is 42.4 Å². The fourth-order valence-electron chi connectivity index (χ4n) is 6.13. The molecule has 0 saturated carbocycles. The van der Waals surface area contributed by atoms with Crippen LogP contribution < -0.4 is 4.74 Å². The van der Waals surface area contributed by atoms with Crippen molar-refractivity contribution in [1.29, 1.82) is 0 Å². The Morgan fingerprint density at radius 2 is 1.74 bits per heavy atom. The molecule has 0 aliphatic carbocycles. The van der Waals surface area contributed by atoms with Gasteiger partial charge in [0.05, 0.1) is 24.4 Å². The van der Waals surface area contributed by atoms with Crippen molar-refractivity contribution in [3.63, 3.8) is 0 Å². The van der Waals surface area contributed by atoms with Crippen molar-refractivity contribution >= 4 is 17.0 Å². The molecule has 6 rings (SSSR count). The number of aromatic nitrogens is 1. The number of hydrogen-bond donors (Lipinski definition) is 0. The topological polar surface area (TPSA) is 47.0 Å². The zero-order valence-corrected chi connectivity index (χ0v) is 25.9. The summed E-state index contributed by atoms with van der Waals surface area (Å²) in [6.07, 6.45) is 5.97. The van der Waals surface area contributed by atoms with Gasteiger partial charge in [0.25, 0.3) is 0 Å². The Morgan fingerprint density at radius 3 is 2.52 bits per heavy atom. The standard InChI is InChI=1S/C35H37N3O2.C2H6/c1-24(2)21-36-22-26(4)35(38-14-16-39-17-15-38)30-10-8-25(3)29(18-30)23-40-32-7-5-6-28(19-32)34-33-20-31(35)11-9-27(33)12-13-37-34;1-2/h5-13,18-22,24H,14-17,23H2,1-4H3;1-2H3/b26-22+,36-21?;. The fraction of sp³-hybridized carbons (Fsp3) is 0.351. The predicted octanol–water partition coefficient (Wildman–Crippen LogP) is 8.34. The molecule has 0 radical (unpaired) electrons. The third kappa shape index (κ3) is 5.64. The van der Waals surface area contributed by atoms with Crippen molar-refractivity contribution in [2.45, 2.75) is 53.7 Å². The highest BCUT2D eigenvalue weighted by Gasteiger charge is 2.43. The molecule has 2 aliphatic heterocycles. The number of ether oxygens (including phenoxy) is 2. The van der Waals surface area contributed by atoms with Gasteiger partial charge in [0, 0.05) is 42.7 Å². The molecule has 0 spiro atoms. The summed E-state index contributed by atoms with van der Waals surface area (Å²) < 4.78 is 12.3. The highest BCUT2D eigenvalue weighted by molar-refractivity contribution is 5.95. The van der Waals surface area contributed by atoms with E-state index in [9.17, 15) is 0 Å². The monoisotopic (exact) mass is 561 g/mol. The van der Waals surface area contributed by atoms with Gasteiger partial charge in [-0.2, -0.15) is 0 Å². The summed E-state index contributed by atoms with van der Waals surface area (Å²) in [5, 5.41) is 2.29. The minimum atomic E-state index is -0.547. The van der Waals surface area contributed by atoms with Crippen molar-refractivity contribution in [2.24, 2.45) is 10.9 Å². The van der Waals surface area contributed by atoms with Crippen molar-refractivity contribution in [3.8, 4) is 17.0 Å². The van der Waals surface area contributed by atoms with E-state index in [0.717, 1.165) is 40.9 Å². The zero-order chi connectivity index (χ0) is 29.7. The van der Waals surface area contributed by atoms with Crippen molar-refractivity contribution in [2.75, 3.05) is 26.3 Å². The smallest absolute Gasteiger partial charge is 0.120 e. The van der Waals surface area contributed by atoms with Crippen LogP contribution in [0.1, 0.15) is 56.9 Å². The minimum absolute atomic E-state index is 0.371. The first kappa shape index (κ1) is 29.7. The van der Waals surface area contributed by atoms with E-state index in [0.29, 0.717) is 25.7 Å². The number of benzene rings is 3. The molecule has 5 nitrogen and oxygen atoms in total. The maximum atomic E-state index is 6.40. The molecule has 0 amide bonds. The Morgan fingerprint density at radius 1 is 0.976 bits per heavy atom. The highest BCUT2D eigenvalue weighted by Crippen LogP contribution is 2.45. The first-order valence-corrected chi connectivity index (χ1v) is 15.2. The zero-order valence-electron chi connectivity index (χ0n) is 25.9. The van der Waals surface area contributed by atoms with E-state index < -0.39 is 5.54 Å². The summed E-state index contributed by atoms with van der Waals surface area (Å²) in [4.78, 5) is 12.3. The summed E-state index contributed by atoms with van der Waals surface area (Å²) >= 11 is 0. The van der Waals surface area contributed by atoms with Gasteiger partial charge in [0.1, 0.15) is 12.4 Å². The van der Waals surface area contributed by atoms with Gasteiger partial charge in [-0.15, -0.1) is 0 Å². The van der Waals surface area contributed by atoms with E-state index >= 15 is 0 Å². The number of aliphatic imine (C=N–C) groups is 1. The predicted molar refractivity (Wildman–Crippen MR) is 174 cm³/mol. The molecule has 1 saturated heterocycles. The van der Waals surface area contributed by atoms with Crippen molar-refractivity contribution < 1.29 is 9.47 Å². The lowest BCUT2D eigenvalue weighted by molar-refractivity contribution is 0.00106. The molecule has 1 unspecified atom stereocenters. The van der Waals surface area contributed by atoms with E-state index in [-0.39, 0.29) is 0 Å². The third-order valence-corrected chi connectivity index (χ3v) is 8.16. The van der Waals surface area contributed by atoms with Crippen LogP contribution in [0.4, 0.5) is 0 Å². The first-order valence-electron chi connectivity index (χ1n) is 15.2. The van der Waals surface area contributed by atoms with Gasteiger partial charge in [-0.25, -0.2) is 0 Å². The van der Waals surface area contributed by atoms with E-state index in [4.69, 9.17) is 19.5 Å². The van der Waals surface area contributed by atoms with E-state index in [1.807, 2.05) is 32.3 Å². The van der Waals surface area contributed by atoms with E-state index in [1.54, 1.807) is 0 Å². The minimum Gasteiger partial charge on any atom is -0.489 e. The van der Waals surface area contributed by atoms with E-state index in [2.05, 4.69) is 99.5 Å². The first-order chi connectivity index (χ1) is 20.5. The van der Waals surface area contributed by atoms with Crippen LogP contribution in [-0.2, 0) is 16.9 Å². The molecule has 4 aromatic rings. The summed E-state index contributed by atoms with van der Waals surface area (Å²) in [6, 6.07) is 24.1. The van der Waals surface area contributed by atoms with Crippen molar-refractivity contribution in [1.82, 2.24) is 9.88 Å². The fourth-order valence-corrected chi connectivity index (χ4v) is 6.13. The molecule has 1 fully saturated rings. The van der Waals surface area contributed by atoms with Gasteiger partial charge < -0.3 is 9.47 Å². The molecule has 0 N–H and O–H groups in total. The summed E-state index contributed by atoms with van der Waals surface area (Å²) in [7, 11) is 0. The summed E-state index contributed by atoms with van der Waals surface area (Å²) in [6.45, 7) is 16.2. The molecule has 218 valence electrons. The molecule has 1 atom stereocenters. The second kappa shape index (κ2) is 13.0. The molecule has 6 bridgehead atoms. The second-order valence-electron chi connectivity index (χ2n) is 11.2. The number of rotatable bonds is 4. The molecule has 5 heteroatoms. The number of aryl methyl sites for hydroxylation is 1. The lowest BCUT2D eigenvalue weighted by atomic mass is 9.74. The molecule has 3 aromatic carbocycles. The van der Waals surface area contributed by atoms with Gasteiger partial charge in [0.2, 0.25) is 0 Å². The van der Waals surface area contributed by atoms with Gasteiger partial charge in [-0.05, 0) is 83.3 Å². The van der Waals surface area contributed by atoms with Gasteiger partial charge in [-0.1, -0.05) is 64.1 Å². The maximum absolute atomic E-state index is 6.40. The Balaban J connectivity index is 0.00000173. The van der Waals surface area contributed by atoms with E-state index in [1.165, 1.54) is 27.8 Å². The quantitative estimate of drug-likeness (QED) is 0.235. The number of nitrogens with zero attached hydrogens (tertiary/aromatic N) is 3. The van der Waals surface area contributed by atoms with Gasteiger partial charge in [0.15, 0.2) is 0 Å². The van der Waals surface area contributed by atoms with Crippen LogP contribution in [0.2, 0.25) is 0 Å². The van der Waals surface area contributed by atoms with Gasteiger partial charge in [-0.3, -0.25) is 14.9 Å². The normalized spacial score (nSPS) is 19.1. The molecular weight excluding hydrogens is 518 g/mol. The SMILES string of the molecule is C/C(=C\N=CC(C)C)C1(N2CCOCC2)c2ccc(C)c(c2)COc2cccc(c2)-c2nccc3ccc1cc23.CC. The Hall–Kier alpha value is -3.80. The Labute approximate surface area is 250 Å². The molecule has 1 aromatic heterocycles. The van der Waals surface area contributed by atoms with Crippen molar-refractivity contribution in [3.05, 3.63) is 107 Å². The summed E-state index contributed by atoms with van der Waals surface area (Å²) in [5.41, 5.74) is 7.44. The van der Waals surface area contributed by atoms with Crippen LogP contribution in [0.5, 0.6) is 5.75 Å². The lowest BCUT2D eigenvalue weighted by Gasteiger charge is -2.47. The lowest BCUT2D eigenvalue weighted by Crippen LogP contribution is -2.53. The number of fused-ring (bicyclic) bond motifs is 6. The second-order valence-corrected chi connectivity index (χ2v) is 11.2. The maximum Gasteiger partial charge on any atom is 0.120 e. The van der Waals surface area contributed by atoms with Crippen LogP contribution in [0, 0.1) is 12.8 Å². The van der Waals surface area contributed by atoms with Crippen LogP contribution in [0.25, 0.3) is 22.0 Å². The molecule has 3 heterocycles. The molecular formula is C37H43N3O2. The molecule has 2 aliphatic rings. The Kier molecular flexibility index (Phi) is 9.20. The highest BCUT2D eigenvalue weighted by atomic mass is 16.5.